The fraction of sp³-hybridized carbons (Fsp3) is 0.350. The van der Waals surface area contributed by atoms with Crippen LogP contribution in [0.5, 0.6) is 0 Å². The van der Waals surface area contributed by atoms with Crippen molar-refractivity contribution in [2.45, 2.75) is 45.6 Å². The Kier molecular flexibility index (Phi) is 6.47. The SMILES string of the molecule is CCCCCC(=C(F)F)C(OC(C)=O)c1cccc2ccccc12. The Bertz CT molecular complexity index is 728. The largest absolute Gasteiger partial charge is 0.453 e. The van der Waals surface area contributed by atoms with Crippen molar-refractivity contribution in [1.29, 1.82) is 0 Å². The van der Waals surface area contributed by atoms with Gasteiger partial charge in [0.05, 0.1) is 0 Å². The van der Waals surface area contributed by atoms with Gasteiger partial charge in [0, 0.05) is 18.1 Å². The second-order valence-corrected chi connectivity index (χ2v) is 5.80. The zero-order valence-corrected chi connectivity index (χ0v) is 14.0. The summed E-state index contributed by atoms with van der Waals surface area (Å²) in [5.74, 6) is -0.567. The topological polar surface area (TPSA) is 26.3 Å². The van der Waals surface area contributed by atoms with Gasteiger partial charge in [0.15, 0.2) is 6.10 Å². The molecule has 0 radical (unpaired) electrons. The van der Waals surface area contributed by atoms with Crippen molar-refractivity contribution in [3.63, 3.8) is 0 Å². The number of esters is 1. The number of rotatable bonds is 7. The van der Waals surface area contributed by atoms with E-state index in [1.807, 2.05) is 37.3 Å². The van der Waals surface area contributed by atoms with E-state index in [0.717, 1.165) is 23.6 Å². The van der Waals surface area contributed by atoms with Gasteiger partial charge in [-0.15, -0.1) is 0 Å². The molecule has 1 atom stereocenters. The Morgan fingerprint density at radius 2 is 1.79 bits per heavy atom. The molecule has 4 heteroatoms. The number of halogens is 2. The Balaban J connectivity index is 2.50. The highest BCUT2D eigenvalue weighted by molar-refractivity contribution is 5.86. The molecule has 0 amide bonds. The molecular formula is C20H22F2O2. The molecule has 2 aromatic rings. The minimum atomic E-state index is -1.76. The summed E-state index contributed by atoms with van der Waals surface area (Å²) >= 11 is 0. The summed E-state index contributed by atoms with van der Waals surface area (Å²) in [7, 11) is 0. The fourth-order valence-corrected chi connectivity index (χ4v) is 2.86. The van der Waals surface area contributed by atoms with E-state index in [-0.39, 0.29) is 12.0 Å². The predicted molar refractivity (Wildman–Crippen MR) is 91.8 cm³/mol. The number of fused-ring (bicyclic) bond motifs is 1. The van der Waals surface area contributed by atoms with Crippen LogP contribution in [0.15, 0.2) is 54.1 Å². The Hall–Kier alpha value is -2.23. The summed E-state index contributed by atoms with van der Waals surface area (Å²) < 4.78 is 32.5. The van der Waals surface area contributed by atoms with E-state index in [4.69, 9.17) is 4.74 Å². The molecule has 2 rings (SSSR count). The molecule has 2 aromatic carbocycles. The summed E-state index contributed by atoms with van der Waals surface area (Å²) in [5, 5.41) is 1.75. The summed E-state index contributed by atoms with van der Waals surface area (Å²) in [5.41, 5.74) is 0.498. The number of hydrogen-bond donors (Lipinski definition) is 0. The molecule has 0 saturated heterocycles. The lowest BCUT2D eigenvalue weighted by atomic mass is 9.93. The zero-order valence-electron chi connectivity index (χ0n) is 14.0. The van der Waals surface area contributed by atoms with Gasteiger partial charge >= 0.3 is 5.97 Å². The number of hydrogen-bond acceptors (Lipinski definition) is 2. The van der Waals surface area contributed by atoms with Gasteiger partial charge in [0.1, 0.15) is 0 Å². The third-order valence-corrected chi connectivity index (χ3v) is 4.00. The Labute approximate surface area is 141 Å². The minimum Gasteiger partial charge on any atom is -0.453 e. The molecule has 1 unspecified atom stereocenters. The minimum absolute atomic E-state index is 0.102. The summed E-state index contributed by atoms with van der Waals surface area (Å²) in [4.78, 5) is 11.5. The van der Waals surface area contributed by atoms with Crippen LogP contribution in [0.2, 0.25) is 0 Å². The van der Waals surface area contributed by atoms with E-state index in [9.17, 15) is 13.6 Å². The molecule has 0 spiro atoms. The smallest absolute Gasteiger partial charge is 0.303 e. The zero-order chi connectivity index (χ0) is 17.5. The molecule has 0 saturated carbocycles. The van der Waals surface area contributed by atoms with Gasteiger partial charge in [0.25, 0.3) is 6.08 Å². The van der Waals surface area contributed by atoms with Crippen LogP contribution < -0.4 is 0 Å². The molecule has 128 valence electrons. The molecule has 24 heavy (non-hydrogen) atoms. The molecule has 0 heterocycles. The van der Waals surface area contributed by atoms with E-state index in [2.05, 4.69) is 0 Å². The quantitative estimate of drug-likeness (QED) is 0.447. The first-order valence-electron chi connectivity index (χ1n) is 8.23. The molecule has 0 fully saturated rings. The average molecular weight is 332 g/mol. The second kappa shape index (κ2) is 8.57. The van der Waals surface area contributed by atoms with E-state index in [0.29, 0.717) is 12.0 Å². The van der Waals surface area contributed by atoms with E-state index < -0.39 is 18.2 Å². The molecule has 0 aromatic heterocycles. The van der Waals surface area contributed by atoms with Crippen LogP contribution in [0, 0.1) is 0 Å². The van der Waals surface area contributed by atoms with Crippen LogP contribution in [-0.2, 0) is 9.53 Å². The first-order chi connectivity index (χ1) is 11.5. The molecule has 0 aliphatic rings. The van der Waals surface area contributed by atoms with Crippen molar-refractivity contribution in [1.82, 2.24) is 0 Å². The lowest BCUT2D eigenvalue weighted by Gasteiger charge is -2.22. The third kappa shape index (κ3) is 4.40. The summed E-state index contributed by atoms with van der Waals surface area (Å²) in [6.45, 7) is 3.27. The maximum Gasteiger partial charge on any atom is 0.303 e. The summed E-state index contributed by atoms with van der Waals surface area (Å²) in [6, 6.07) is 13.0. The highest BCUT2D eigenvalue weighted by Gasteiger charge is 2.25. The standard InChI is InChI=1S/C20H22F2O2/c1-3-4-5-12-18(20(21)22)19(24-14(2)23)17-13-8-10-15-9-6-7-11-16(15)17/h6-11,13,19H,3-5,12H2,1-2H3. The normalized spacial score (nSPS) is 12.0. The van der Waals surface area contributed by atoms with Crippen molar-refractivity contribution < 1.29 is 18.3 Å². The van der Waals surface area contributed by atoms with E-state index in [1.54, 1.807) is 12.1 Å². The lowest BCUT2D eigenvalue weighted by Crippen LogP contribution is -2.13. The van der Waals surface area contributed by atoms with Gasteiger partial charge in [-0.1, -0.05) is 62.2 Å². The van der Waals surface area contributed by atoms with Gasteiger partial charge in [0.2, 0.25) is 0 Å². The van der Waals surface area contributed by atoms with Crippen LogP contribution in [0.1, 0.15) is 51.2 Å². The number of carbonyl (C=O) groups excluding carboxylic acids is 1. The van der Waals surface area contributed by atoms with Gasteiger partial charge in [-0.2, -0.15) is 8.78 Å². The Morgan fingerprint density at radius 1 is 1.08 bits per heavy atom. The van der Waals surface area contributed by atoms with Crippen LogP contribution in [-0.4, -0.2) is 5.97 Å². The predicted octanol–water partition coefficient (Wildman–Crippen LogP) is 6.17. The number of carbonyl (C=O) groups is 1. The molecular weight excluding hydrogens is 310 g/mol. The highest BCUT2D eigenvalue weighted by Crippen LogP contribution is 2.36. The van der Waals surface area contributed by atoms with Crippen molar-refractivity contribution in [2.24, 2.45) is 0 Å². The van der Waals surface area contributed by atoms with Gasteiger partial charge in [-0.3, -0.25) is 4.79 Å². The van der Waals surface area contributed by atoms with Crippen LogP contribution in [0.4, 0.5) is 8.78 Å². The third-order valence-electron chi connectivity index (χ3n) is 4.00. The van der Waals surface area contributed by atoms with Crippen molar-refractivity contribution in [3.05, 3.63) is 59.7 Å². The monoisotopic (exact) mass is 332 g/mol. The fourth-order valence-electron chi connectivity index (χ4n) is 2.86. The summed E-state index contributed by atoms with van der Waals surface area (Å²) in [6.07, 6.45) is -0.142. The maximum absolute atomic E-state index is 13.6. The van der Waals surface area contributed by atoms with Gasteiger partial charge in [-0.25, -0.2) is 0 Å². The van der Waals surface area contributed by atoms with Crippen molar-refractivity contribution >= 4 is 16.7 Å². The number of benzene rings is 2. The molecule has 0 N–H and O–H groups in total. The first kappa shape index (κ1) is 18.1. The van der Waals surface area contributed by atoms with Crippen molar-refractivity contribution in [3.8, 4) is 0 Å². The molecule has 0 bridgehead atoms. The number of unbranched alkanes of at least 4 members (excludes halogenated alkanes) is 2. The van der Waals surface area contributed by atoms with Crippen LogP contribution in [0.3, 0.4) is 0 Å². The average Bonchev–Trinajstić information content (AvgIpc) is 2.56. The van der Waals surface area contributed by atoms with Gasteiger partial charge < -0.3 is 4.74 Å². The molecule has 0 aliphatic heterocycles. The van der Waals surface area contributed by atoms with E-state index >= 15 is 0 Å². The molecule has 2 nitrogen and oxygen atoms in total. The van der Waals surface area contributed by atoms with Crippen LogP contribution in [0.25, 0.3) is 10.8 Å². The van der Waals surface area contributed by atoms with E-state index in [1.165, 1.54) is 6.92 Å². The highest BCUT2D eigenvalue weighted by atomic mass is 19.3. The Morgan fingerprint density at radius 3 is 2.46 bits per heavy atom. The van der Waals surface area contributed by atoms with Crippen LogP contribution >= 0.6 is 0 Å². The number of ether oxygens (including phenoxy) is 1. The first-order valence-corrected chi connectivity index (χ1v) is 8.23. The molecule has 0 aliphatic carbocycles. The van der Waals surface area contributed by atoms with Gasteiger partial charge in [-0.05, 0) is 23.6 Å². The second-order valence-electron chi connectivity index (χ2n) is 5.80. The lowest BCUT2D eigenvalue weighted by molar-refractivity contribution is -0.145. The maximum atomic E-state index is 13.6. The van der Waals surface area contributed by atoms with Crippen molar-refractivity contribution in [2.75, 3.05) is 0 Å².